The van der Waals surface area contributed by atoms with Gasteiger partial charge in [0.05, 0.1) is 12.0 Å². The number of carboxylic acid groups (broad SMARTS) is 2. The van der Waals surface area contributed by atoms with Crippen LogP contribution in [0, 0.1) is 0 Å². The summed E-state index contributed by atoms with van der Waals surface area (Å²) in [5.74, 6) is -2.75. The number of nitrogens with one attached hydrogen (secondary N) is 1. The molecule has 1 N–H and O–H groups in total. The van der Waals surface area contributed by atoms with E-state index in [0.717, 1.165) is 19.3 Å². The standard InChI is InChI=1S/C26H51NO4.2Na/c1-2-3-4-5-6-7-8-9-10-11-12-13-14-15-16-17-18-19-20-21-22-27-24(26(30)31)23-25(28)29;;/h24,27H,2-23H2,1H3,(H,28,29)(H,30,31);;/q;2*+1/p-2/t24-;;/m0../s1. The molecule has 0 rings (SSSR count). The van der Waals surface area contributed by atoms with Crippen LogP contribution in [0.3, 0.4) is 0 Å². The van der Waals surface area contributed by atoms with E-state index in [1.165, 1.54) is 109 Å². The van der Waals surface area contributed by atoms with Gasteiger partial charge in [-0.15, -0.1) is 0 Å². The topological polar surface area (TPSA) is 92.3 Å². The molecule has 0 aliphatic rings. The summed E-state index contributed by atoms with van der Waals surface area (Å²) >= 11 is 0. The first-order valence-electron chi connectivity index (χ1n) is 13.2. The molecule has 0 aromatic heterocycles. The number of hydrogen-bond donors (Lipinski definition) is 1. The Kier molecular flexibility index (Phi) is 36.0. The maximum Gasteiger partial charge on any atom is 1.00 e. The first kappa shape index (κ1) is 38.4. The summed E-state index contributed by atoms with van der Waals surface area (Å²) < 4.78 is 0. The molecule has 0 aliphatic heterocycles. The van der Waals surface area contributed by atoms with Gasteiger partial charge in [-0.25, -0.2) is 0 Å². The average molecular weight is 486 g/mol. The molecule has 5 nitrogen and oxygen atoms in total. The fourth-order valence-corrected chi connectivity index (χ4v) is 4.06. The van der Waals surface area contributed by atoms with Gasteiger partial charge < -0.3 is 25.1 Å². The quantitative estimate of drug-likeness (QED) is 0.128. The number of unbranched alkanes of at least 4 members (excludes halogenated alkanes) is 19. The van der Waals surface area contributed by atoms with Gasteiger partial charge in [-0.3, -0.25) is 0 Å². The molecule has 0 aliphatic carbocycles. The van der Waals surface area contributed by atoms with Gasteiger partial charge in [0.15, 0.2) is 0 Å². The summed E-state index contributed by atoms with van der Waals surface area (Å²) in [6.45, 7) is 2.78. The monoisotopic (exact) mass is 485 g/mol. The molecule has 0 spiro atoms. The summed E-state index contributed by atoms with van der Waals surface area (Å²) in [5.41, 5.74) is 0. The summed E-state index contributed by atoms with van der Waals surface area (Å²) in [7, 11) is 0. The molecule has 184 valence electrons. The van der Waals surface area contributed by atoms with E-state index in [-0.39, 0.29) is 59.1 Å². The first-order chi connectivity index (χ1) is 15.1. The van der Waals surface area contributed by atoms with Gasteiger partial charge in [-0.2, -0.15) is 0 Å². The second kappa shape index (κ2) is 30.9. The van der Waals surface area contributed by atoms with Crippen LogP contribution in [0.5, 0.6) is 0 Å². The largest absolute Gasteiger partial charge is 1.00 e. The van der Waals surface area contributed by atoms with Crippen LogP contribution in [-0.2, 0) is 9.59 Å². The van der Waals surface area contributed by atoms with Crippen molar-refractivity contribution in [1.29, 1.82) is 0 Å². The average Bonchev–Trinajstić information content (AvgIpc) is 2.73. The fourth-order valence-electron chi connectivity index (χ4n) is 4.06. The normalized spacial score (nSPS) is 11.4. The predicted molar refractivity (Wildman–Crippen MR) is 124 cm³/mol. The molecule has 33 heavy (non-hydrogen) atoms. The smallest absolute Gasteiger partial charge is 0.550 e. The summed E-state index contributed by atoms with van der Waals surface area (Å²) in [6, 6.07) is -1.15. The van der Waals surface area contributed by atoms with Crippen molar-refractivity contribution in [1.82, 2.24) is 5.32 Å². The number of carbonyl (C=O) groups is 2. The molecule has 0 fully saturated rings. The van der Waals surface area contributed by atoms with Crippen molar-refractivity contribution >= 4 is 11.9 Å². The first-order valence-corrected chi connectivity index (χ1v) is 13.2. The SMILES string of the molecule is CCCCCCCCCCCCCCCCCCCCCCN[C@@H](CC(=O)[O-])C(=O)[O-].[Na+].[Na+]. The van der Waals surface area contributed by atoms with Gasteiger partial charge in [0.1, 0.15) is 0 Å². The Balaban J connectivity index is -0.00000450. The zero-order valence-electron chi connectivity index (χ0n) is 22.3. The number of aliphatic carboxylic acids is 2. The Morgan fingerprint density at radius 1 is 0.576 bits per heavy atom. The van der Waals surface area contributed by atoms with Crippen LogP contribution >= 0.6 is 0 Å². The van der Waals surface area contributed by atoms with Crippen LogP contribution < -0.4 is 74.6 Å². The van der Waals surface area contributed by atoms with E-state index in [4.69, 9.17) is 0 Å². The van der Waals surface area contributed by atoms with Crippen molar-refractivity contribution in [2.24, 2.45) is 0 Å². The third-order valence-electron chi connectivity index (χ3n) is 6.08. The molecular formula is C26H49NNa2O4. The number of carbonyl (C=O) groups excluding carboxylic acids is 2. The van der Waals surface area contributed by atoms with Gasteiger partial charge >= 0.3 is 59.1 Å². The molecule has 0 aromatic rings. The molecule has 1 atom stereocenters. The Bertz CT molecular complexity index is 425. The van der Waals surface area contributed by atoms with Crippen LogP contribution in [-0.4, -0.2) is 24.5 Å². The zero-order valence-corrected chi connectivity index (χ0v) is 26.3. The van der Waals surface area contributed by atoms with Crippen molar-refractivity contribution < 1.29 is 78.9 Å². The van der Waals surface area contributed by atoms with E-state index >= 15 is 0 Å². The number of rotatable bonds is 25. The Labute approximate surface area is 248 Å². The van der Waals surface area contributed by atoms with Crippen LogP contribution in [0.2, 0.25) is 0 Å². The van der Waals surface area contributed by atoms with E-state index in [1.54, 1.807) is 0 Å². The van der Waals surface area contributed by atoms with Crippen molar-refractivity contribution in [3.63, 3.8) is 0 Å². The molecule has 0 radical (unpaired) electrons. The minimum atomic E-state index is -1.38. The maximum atomic E-state index is 10.8. The second-order valence-electron chi connectivity index (χ2n) is 9.12. The molecule has 0 bridgehead atoms. The van der Waals surface area contributed by atoms with Gasteiger partial charge in [-0.1, -0.05) is 129 Å². The fraction of sp³-hybridized carbons (Fsp3) is 0.923. The van der Waals surface area contributed by atoms with Crippen molar-refractivity contribution in [3.05, 3.63) is 0 Å². The Hall–Kier alpha value is 0.900. The summed E-state index contributed by atoms with van der Waals surface area (Å²) in [5, 5.41) is 24.0. The third-order valence-corrected chi connectivity index (χ3v) is 6.08. The molecule has 0 saturated heterocycles. The molecule has 0 amide bonds. The molecule has 0 saturated carbocycles. The predicted octanol–water partition coefficient (Wildman–Crippen LogP) is -1.34. The van der Waals surface area contributed by atoms with Crippen molar-refractivity contribution in [2.45, 2.75) is 148 Å². The number of carboxylic acids is 2. The van der Waals surface area contributed by atoms with Crippen LogP contribution in [0.15, 0.2) is 0 Å². The Morgan fingerprint density at radius 2 is 0.879 bits per heavy atom. The van der Waals surface area contributed by atoms with Crippen LogP contribution in [0.25, 0.3) is 0 Å². The minimum Gasteiger partial charge on any atom is -0.550 e. The summed E-state index contributed by atoms with van der Waals surface area (Å²) in [6.07, 6.45) is 26.0. The molecule has 0 unspecified atom stereocenters. The summed E-state index contributed by atoms with van der Waals surface area (Å²) in [4.78, 5) is 21.3. The van der Waals surface area contributed by atoms with E-state index in [2.05, 4.69) is 12.2 Å². The van der Waals surface area contributed by atoms with Gasteiger partial charge in [-0.05, 0) is 13.0 Å². The van der Waals surface area contributed by atoms with Crippen LogP contribution in [0.1, 0.15) is 142 Å². The van der Waals surface area contributed by atoms with E-state index in [9.17, 15) is 19.8 Å². The maximum absolute atomic E-state index is 10.8. The molecule has 0 heterocycles. The second-order valence-corrected chi connectivity index (χ2v) is 9.12. The minimum absolute atomic E-state index is 0. The van der Waals surface area contributed by atoms with Gasteiger partial charge in [0, 0.05) is 12.4 Å². The Morgan fingerprint density at radius 3 is 1.15 bits per heavy atom. The van der Waals surface area contributed by atoms with Gasteiger partial charge in [0.2, 0.25) is 0 Å². The van der Waals surface area contributed by atoms with E-state index in [1.807, 2.05) is 0 Å². The van der Waals surface area contributed by atoms with Crippen molar-refractivity contribution in [3.8, 4) is 0 Å². The molecule has 7 heteroatoms. The van der Waals surface area contributed by atoms with E-state index < -0.39 is 24.4 Å². The van der Waals surface area contributed by atoms with Crippen LogP contribution in [0.4, 0.5) is 0 Å². The third kappa shape index (κ3) is 30.9. The van der Waals surface area contributed by atoms with Gasteiger partial charge in [0.25, 0.3) is 0 Å². The zero-order chi connectivity index (χ0) is 23.0. The van der Waals surface area contributed by atoms with E-state index in [0.29, 0.717) is 6.54 Å². The molecular weight excluding hydrogens is 436 g/mol. The molecule has 0 aromatic carbocycles. The number of hydrogen-bond acceptors (Lipinski definition) is 5. The van der Waals surface area contributed by atoms with Crippen molar-refractivity contribution in [2.75, 3.05) is 6.54 Å².